The third kappa shape index (κ3) is 3.38. The van der Waals surface area contributed by atoms with E-state index in [9.17, 15) is 19.8 Å². The average Bonchev–Trinajstić information content (AvgIpc) is 3.05. The van der Waals surface area contributed by atoms with Gasteiger partial charge >= 0.3 is 11.9 Å². The first kappa shape index (κ1) is 22.6. The molecule has 0 aliphatic heterocycles. The predicted octanol–water partition coefficient (Wildman–Crippen LogP) is 3.91. The molecule has 3 atom stereocenters. The van der Waals surface area contributed by atoms with Gasteiger partial charge in [-0.3, -0.25) is 9.59 Å². The summed E-state index contributed by atoms with van der Waals surface area (Å²) >= 11 is 0. The summed E-state index contributed by atoms with van der Waals surface area (Å²) in [6.45, 7) is 1.60. The van der Waals surface area contributed by atoms with Gasteiger partial charge in [-0.15, -0.1) is 0 Å². The van der Waals surface area contributed by atoms with Gasteiger partial charge in [0.25, 0.3) is 0 Å². The zero-order valence-corrected chi connectivity index (χ0v) is 18.5. The van der Waals surface area contributed by atoms with E-state index in [4.69, 9.17) is 9.47 Å². The SMILES string of the molecule is CCOC(=O)C1(C(=O)O)C(c2ccccc2)c2ccc(OC)cc2C1(O)Cc1ccccc1. The molecule has 170 valence electrons. The third-order valence-electron chi connectivity index (χ3n) is 6.47. The lowest BCUT2D eigenvalue weighted by Gasteiger charge is -2.40. The van der Waals surface area contributed by atoms with Gasteiger partial charge < -0.3 is 19.7 Å². The number of methoxy groups -OCH3 is 1. The molecule has 0 saturated heterocycles. The molecule has 0 fully saturated rings. The number of carbonyl (C=O) groups excluding carboxylic acids is 1. The molecular weight excluding hydrogens is 420 g/mol. The number of hydrogen-bond acceptors (Lipinski definition) is 5. The minimum atomic E-state index is -2.31. The maximum Gasteiger partial charge on any atom is 0.327 e. The van der Waals surface area contributed by atoms with Crippen LogP contribution in [0.3, 0.4) is 0 Å². The fourth-order valence-electron chi connectivity index (χ4n) is 5.08. The van der Waals surface area contributed by atoms with Crippen LogP contribution >= 0.6 is 0 Å². The van der Waals surface area contributed by atoms with Crippen molar-refractivity contribution < 1.29 is 29.3 Å². The molecule has 1 aliphatic carbocycles. The van der Waals surface area contributed by atoms with Crippen LogP contribution in [0.4, 0.5) is 0 Å². The van der Waals surface area contributed by atoms with Crippen molar-refractivity contribution in [1.82, 2.24) is 0 Å². The van der Waals surface area contributed by atoms with E-state index in [-0.39, 0.29) is 13.0 Å². The number of carbonyl (C=O) groups is 2. The number of aliphatic carboxylic acids is 1. The molecule has 3 unspecified atom stereocenters. The predicted molar refractivity (Wildman–Crippen MR) is 122 cm³/mol. The molecule has 6 heteroatoms. The Bertz CT molecular complexity index is 1160. The number of hydrogen-bond donors (Lipinski definition) is 2. The van der Waals surface area contributed by atoms with Crippen LogP contribution in [0.15, 0.2) is 78.9 Å². The largest absolute Gasteiger partial charge is 0.497 e. The van der Waals surface area contributed by atoms with Gasteiger partial charge in [0.05, 0.1) is 13.7 Å². The van der Waals surface area contributed by atoms with Crippen molar-refractivity contribution in [2.75, 3.05) is 13.7 Å². The van der Waals surface area contributed by atoms with Gasteiger partial charge in [-0.25, -0.2) is 0 Å². The number of carboxylic acid groups (broad SMARTS) is 1. The topological polar surface area (TPSA) is 93.1 Å². The molecule has 4 rings (SSSR count). The normalized spacial score (nSPS) is 23.5. The minimum absolute atomic E-state index is 0.0174. The molecule has 0 bridgehead atoms. The standard InChI is InChI=1S/C27H26O6/c1-3-33-25(30)27(24(28)29)23(19-12-8-5-9-13-19)21-15-14-20(32-2)16-22(21)26(27,31)17-18-10-6-4-7-11-18/h4-16,23,31H,3,17H2,1-2H3,(H,28,29). The van der Waals surface area contributed by atoms with E-state index in [0.717, 1.165) is 0 Å². The number of ether oxygens (including phenoxy) is 2. The summed E-state index contributed by atoms with van der Waals surface area (Å²) in [4.78, 5) is 26.8. The zero-order valence-electron chi connectivity index (χ0n) is 18.5. The second kappa shape index (κ2) is 8.71. The number of carboxylic acids is 1. The Balaban J connectivity index is 2.09. The van der Waals surface area contributed by atoms with Crippen LogP contribution in [-0.2, 0) is 26.3 Å². The van der Waals surface area contributed by atoms with Crippen LogP contribution in [-0.4, -0.2) is 35.9 Å². The van der Waals surface area contributed by atoms with Crippen LogP contribution < -0.4 is 4.74 Å². The summed E-state index contributed by atoms with van der Waals surface area (Å²) in [6, 6.07) is 23.0. The molecule has 3 aromatic carbocycles. The summed E-state index contributed by atoms with van der Waals surface area (Å²) in [7, 11) is 1.50. The first-order valence-electron chi connectivity index (χ1n) is 10.8. The van der Waals surface area contributed by atoms with Crippen molar-refractivity contribution in [1.29, 1.82) is 0 Å². The Morgan fingerprint density at radius 2 is 1.61 bits per heavy atom. The Morgan fingerprint density at radius 1 is 0.970 bits per heavy atom. The molecule has 0 heterocycles. The van der Waals surface area contributed by atoms with Crippen molar-refractivity contribution in [2.24, 2.45) is 5.41 Å². The van der Waals surface area contributed by atoms with Crippen LogP contribution in [0.25, 0.3) is 0 Å². The summed E-state index contributed by atoms with van der Waals surface area (Å²) < 4.78 is 10.7. The van der Waals surface area contributed by atoms with Crippen LogP contribution in [0.5, 0.6) is 5.75 Å². The van der Waals surface area contributed by atoms with Crippen molar-refractivity contribution in [2.45, 2.75) is 24.9 Å². The van der Waals surface area contributed by atoms with Crippen molar-refractivity contribution in [3.05, 3.63) is 101 Å². The number of benzene rings is 3. The number of aliphatic hydroxyl groups is 1. The fraction of sp³-hybridized carbons (Fsp3) is 0.259. The van der Waals surface area contributed by atoms with E-state index in [1.807, 2.05) is 24.3 Å². The van der Waals surface area contributed by atoms with Gasteiger partial charge in [0.1, 0.15) is 11.4 Å². The highest BCUT2D eigenvalue weighted by atomic mass is 16.5. The van der Waals surface area contributed by atoms with E-state index in [2.05, 4.69) is 0 Å². The summed E-state index contributed by atoms with van der Waals surface area (Å²) in [5.74, 6) is -2.93. The minimum Gasteiger partial charge on any atom is -0.497 e. The molecule has 0 radical (unpaired) electrons. The summed E-state index contributed by atoms with van der Waals surface area (Å²) in [5.41, 5.74) is -2.22. The molecular formula is C27H26O6. The van der Waals surface area contributed by atoms with E-state index in [0.29, 0.717) is 28.0 Å². The first-order valence-corrected chi connectivity index (χ1v) is 10.8. The molecule has 0 aromatic heterocycles. The molecule has 1 aliphatic rings. The summed E-state index contributed by atoms with van der Waals surface area (Å²) in [6.07, 6.45) is -0.0948. The van der Waals surface area contributed by atoms with Gasteiger partial charge in [0, 0.05) is 12.3 Å². The van der Waals surface area contributed by atoms with Crippen LogP contribution in [0.1, 0.15) is 35.1 Å². The lowest BCUT2D eigenvalue weighted by molar-refractivity contribution is -0.191. The first-order chi connectivity index (χ1) is 15.9. The Kier molecular flexibility index (Phi) is 5.95. The fourth-order valence-corrected chi connectivity index (χ4v) is 5.08. The van der Waals surface area contributed by atoms with Crippen molar-refractivity contribution in [3.63, 3.8) is 0 Å². The maximum atomic E-state index is 13.6. The quantitative estimate of drug-likeness (QED) is 0.422. The van der Waals surface area contributed by atoms with Crippen LogP contribution in [0, 0.1) is 5.41 Å². The second-order valence-electron chi connectivity index (χ2n) is 8.15. The Hall–Kier alpha value is -3.64. The van der Waals surface area contributed by atoms with E-state index >= 15 is 0 Å². The third-order valence-corrected chi connectivity index (χ3v) is 6.47. The lowest BCUT2D eigenvalue weighted by atomic mass is 9.63. The van der Waals surface area contributed by atoms with Gasteiger partial charge in [-0.2, -0.15) is 0 Å². The van der Waals surface area contributed by atoms with Gasteiger partial charge in [-0.1, -0.05) is 66.7 Å². The number of fused-ring (bicyclic) bond motifs is 1. The average molecular weight is 446 g/mol. The monoisotopic (exact) mass is 446 g/mol. The Morgan fingerprint density at radius 3 is 2.18 bits per heavy atom. The maximum absolute atomic E-state index is 13.6. The highest BCUT2D eigenvalue weighted by molar-refractivity contribution is 6.04. The van der Waals surface area contributed by atoms with Crippen molar-refractivity contribution in [3.8, 4) is 5.75 Å². The molecule has 3 aromatic rings. The second-order valence-corrected chi connectivity index (χ2v) is 8.15. The highest BCUT2D eigenvalue weighted by Crippen LogP contribution is 2.62. The van der Waals surface area contributed by atoms with E-state index in [1.54, 1.807) is 61.5 Å². The molecule has 0 amide bonds. The van der Waals surface area contributed by atoms with Gasteiger partial charge in [0.15, 0.2) is 0 Å². The molecule has 0 saturated carbocycles. The van der Waals surface area contributed by atoms with Crippen LogP contribution in [0.2, 0.25) is 0 Å². The van der Waals surface area contributed by atoms with E-state index < -0.39 is 28.9 Å². The molecule has 2 N–H and O–H groups in total. The molecule has 0 spiro atoms. The lowest BCUT2D eigenvalue weighted by Crippen LogP contribution is -2.57. The molecule has 33 heavy (non-hydrogen) atoms. The smallest absolute Gasteiger partial charge is 0.327 e. The number of esters is 1. The highest BCUT2D eigenvalue weighted by Gasteiger charge is 2.72. The Labute approximate surface area is 192 Å². The van der Waals surface area contributed by atoms with Crippen molar-refractivity contribution >= 4 is 11.9 Å². The zero-order chi connectivity index (χ0) is 23.6. The summed E-state index contributed by atoms with van der Waals surface area (Å²) in [5, 5.41) is 23.1. The number of rotatable bonds is 7. The van der Waals surface area contributed by atoms with Gasteiger partial charge in [-0.05, 0) is 41.3 Å². The molecule has 6 nitrogen and oxygen atoms in total. The van der Waals surface area contributed by atoms with Gasteiger partial charge in [0.2, 0.25) is 5.41 Å². The van der Waals surface area contributed by atoms with E-state index in [1.165, 1.54) is 7.11 Å².